The van der Waals surface area contributed by atoms with Crippen LogP contribution < -0.4 is 5.73 Å². The second-order valence-electron chi connectivity index (χ2n) is 5.52. The van der Waals surface area contributed by atoms with Gasteiger partial charge in [0.05, 0.1) is 0 Å². The average molecular weight is 267 g/mol. The molecule has 0 amide bonds. The SMILES string of the molecule is Cc1cc(C(=O)CC2CCCC(F)(F)C2)ccc1N. The van der Waals surface area contributed by atoms with Crippen molar-refractivity contribution >= 4 is 11.5 Å². The summed E-state index contributed by atoms with van der Waals surface area (Å²) in [5, 5.41) is 0. The molecule has 4 heteroatoms. The lowest BCUT2D eigenvalue weighted by atomic mass is 9.82. The molecule has 1 saturated carbocycles. The van der Waals surface area contributed by atoms with Crippen LogP contribution in [-0.4, -0.2) is 11.7 Å². The maximum atomic E-state index is 13.3. The molecule has 19 heavy (non-hydrogen) atoms. The van der Waals surface area contributed by atoms with Gasteiger partial charge < -0.3 is 5.73 Å². The first kappa shape index (κ1) is 14.0. The number of nitrogen functional groups attached to an aromatic ring is 1. The summed E-state index contributed by atoms with van der Waals surface area (Å²) >= 11 is 0. The van der Waals surface area contributed by atoms with Crippen molar-refractivity contribution in [2.24, 2.45) is 5.92 Å². The predicted molar refractivity (Wildman–Crippen MR) is 71.4 cm³/mol. The monoisotopic (exact) mass is 267 g/mol. The third kappa shape index (κ3) is 3.52. The second kappa shape index (κ2) is 5.27. The number of Topliss-reactive ketones (excluding diaryl/α,β-unsaturated/α-hetero) is 1. The minimum atomic E-state index is -2.60. The lowest BCUT2D eigenvalue weighted by Crippen LogP contribution is -2.27. The standard InChI is InChI=1S/C15H19F2NO/c1-10-7-12(4-5-13(10)18)14(19)8-11-3-2-6-15(16,17)9-11/h4-5,7,11H,2-3,6,8-9,18H2,1H3. The first-order chi connectivity index (χ1) is 8.87. The smallest absolute Gasteiger partial charge is 0.248 e. The Bertz CT molecular complexity index is 485. The van der Waals surface area contributed by atoms with Gasteiger partial charge in [-0.1, -0.05) is 0 Å². The summed E-state index contributed by atoms with van der Waals surface area (Å²) < 4.78 is 26.6. The van der Waals surface area contributed by atoms with Crippen LogP contribution in [0, 0.1) is 12.8 Å². The first-order valence-corrected chi connectivity index (χ1v) is 6.64. The van der Waals surface area contributed by atoms with E-state index in [0.717, 1.165) is 12.0 Å². The number of hydrogen-bond acceptors (Lipinski definition) is 2. The molecule has 0 saturated heterocycles. The summed E-state index contributed by atoms with van der Waals surface area (Å²) in [7, 11) is 0. The molecule has 0 radical (unpaired) electrons. The van der Waals surface area contributed by atoms with Gasteiger partial charge in [-0.25, -0.2) is 8.78 Å². The van der Waals surface area contributed by atoms with Crippen molar-refractivity contribution in [1.29, 1.82) is 0 Å². The fourth-order valence-corrected chi connectivity index (χ4v) is 2.68. The minimum Gasteiger partial charge on any atom is -0.399 e. The number of alkyl halides is 2. The maximum absolute atomic E-state index is 13.3. The number of benzene rings is 1. The predicted octanol–water partition coefficient (Wildman–Crippen LogP) is 3.98. The Kier molecular flexibility index (Phi) is 3.88. The van der Waals surface area contributed by atoms with Gasteiger partial charge >= 0.3 is 0 Å². The zero-order chi connectivity index (χ0) is 14.0. The van der Waals surface area contributed by atoms with E-state index < -0.39 is 5.92 Å². The molecule has 1 aromatic carbocycles. The Hall–Kier alpha value is -1.45. The molecule has 2 nitrogen and oxygen atoms in total. The molecule has 1 fully saturated rings. The number of halogens is 2. The van der Waals surface area contributed by atoms with Gasteiger partial charge in [0.15, 0.2) is 5.78 Å². The Morgan fingerprint density at radius 1 is 1.47 bits per heavy atom. The summed E-state index contributed by atoms with van der Waals surface area (Å²) in [5.74, 6) is -2.86. The van der Waals surface area contributed by atoms with E-state index in [1.807, 2.05) is 6.92 Å². The maximum Gasteiger partial charge on any atom is 0.248 e. The molecule has 1 unspecified atom stereocenters. The largest absolute Gasteiger partial charge is 0.399 e. The van der Waals surface area contributed by atoms with E-state index in [2.05, 4.69) is 0 Å². The van der Waals surface area contributed by atoms with Gasteiger partial charge in [-0.15, -0.1) is 0 Å². The summed E-state index contributed by atoms with van der Waals surface area (Å²) in [6, 6.07) is 5.10. The zero-order valence-corrected chi connectivity index (χ0v) is 11.1. The van der Waals surface area contributed by atoms with Crippen LogP contribution in [0.2, 0.25) is 0 Å². The first-order valence-electron chi connectivity index (χ1n) is 6.64. The Labute approximate surface area is 112 Å². The molecule has 0 heterocycles. The number of aryl methyl sites for hydroxylation is 1. The lowest BCUT2D eigenvalue weighted by Gasteiger charge is -2.28. The van der Waals surface area contributed by atoms with Gasteiger partial charge in [-0.2, -0.15) is 0 Å². The van der Waals surface area contributed by atoms with Crippen molar-refractivity contribution in [2.45, 2.75) is 45.0 Å². The average Bonchev–Trinajstić information content (AvgIpc) is 2.31. The van der Waals surface area contributed by atoms with Crippen LogP contribution in [0.5, 0.6) is 0 Å². The van der Waals surface area contributed by atoms with Crippen molar-refractivity contribution in [3.05, 3.63) is 29.3 Å². The Morgan fingerprint density at radius 2 is 2.21 bits per heavy atom. The van der Waals surface area contributed by atoms with Crippen LogP contribution >= 0.6 is 0 Å². The van der Waals surface area contributed by atoms with Gasteiger partial charge in [-0.05, 0) is 49.4 Å². The zero-order valence-electron chi connectivity index (χ0n) is 11.1. The number of anilines is 1. The van der Waals surface area contributed by atoms with Crippen LogP contribution in [0.25, 0.3) is 0 Å². The summed E-state index contributed by atoms with van der Waals surface area (Å²) in [6.45, 7) is 1.83. The fourth-order valence-electron chi connectivity index (χ4n) is 2.68. The summed E-state index contributed by atoms with van der Waals surface area (Å²) in [4.78, 5) is 12.1. The number of ketones is 1. The quantitative estimate of drug-likeness (QED) is 0.665. The van der Waals surface area contributed by atoms with Crippen molar-refractivity contribution in [3.63, 3.8) is 0 Å². The van der Waals surface area contributed by atoms with Crippen LogP contribution in [0.1, 0.15) is 48.0 Å². The number of hydrogen-bond donors (Lipinski definition) is 1. The van der Waals surface area contributed by atoms with Gasteiger partial charge in [0.2, 0.25) is 5.92 Å². The summed E-state index contributed by atoms with van der Waals surface area (Å²) in [5.41, 5.74) is 7.75. The van der Waals surface area contributed by atoms with Gasteiger partial charge in [-0.3, -0.25) is 4.79 Å². The van der Waals surface area contributed by atoms with Crippen molar-refractivity contribution in [1.82, 2.24) is 0 Å². The Morgan fingerprint density at radius 3 is 2.84 bits per heavy atom. The van der Waals surface area contributed by atoms with E-state index in [4.69, 9.17) is 5.73 Å². The molecular formula is C15H19F2NO. The molecule has 1 atom stereocenters. The van der Waals surface area contributed by atoms with Gasteiger partial charge in [0, 0.05) is 30.5 Å². The molecular weight excluding hydrogens is 248 g/mol. The number of nitrogens with two attached hydrogens (primary N) is 1. The topological polar surface area (TPSA) is 43.1 Å². The van der Waals surface area contributed by atoms with Crippen LogP contribution in [-0.2, 0) is 0 Å². The van der Waals surface area contributed by atoms with Crippen molar-refractivity contribution in [2.75, 3.05) is 5.73 Å². The van der Waals surface area contributed by atoms with E-state index in [9.17, 15) is 13.6 Å². The molecule has 2 rings (SSSR count). The van der Waals surface area contributed by atoms with Crippen molar-refractivity contribution in [3.8, 4) is 0 Å². The highest BCUT2D eigenvalue weighted by Gasteiger charge is 2.36. The molecule has 0 bridgehead atoms. The van der Waals surface area contributed by atoms with E-state index in [1.54, 1.807) is 18.2 Å². The van der Waals surface area contributed by atoms with Crippen LogP contribution in [0.4, 0.5) is 14.5 Å². The lowest BCUT2D eigenvalue weighted by molar-refractivity contribution is -0.0521. The molecule has 104 valence electrons. The second-order valence-corrected chi connectivity index (χ2v) is 5.52. The van der Waals surface area contributed by atoms with E-state index in [0.29, 0.717) is 17.7 Å². The van der Waals surface area contributed by atoms with E-state index >= 15 is 0 Å². The highest BCUT2D eigenvalue weighted by atomic mass is 19.3. The minimum absolute atomic E-state index is 0.0430. The number of rotatable bonds is 3. The number of carbonyl (C=O) groups is 1. The highest BCUT2D eigenvalue weighted by molar-refractivity contribution is 5.96. The van der Waals surface area contributed by atoms with E-state index in [-0.39, 0.29) is 31.0 Å². The molecule has 1 aliphatic carbocycles. The van der Waals surface area contributed by atoms with Crippen LogP contribution in [0.3, 0.4) is 0 Å². The summed E-state index contributed by atoms with van der Waals surface area (Å²) in [6.07, 6.45) is 1.23. The third-order valence-corrected chi connectivity index (χ3v) is 3.81. The third-order valence-electron chi connectivity index (χ3n) is 3.81. The number of carbonyl (C=O) groups excluding carboxylic acids is 1. The Balaban J connectivity index is 2.02. The van der Waals surface area contributed by atoms with Crippen LogP contribution in [0.15, 0.2) is 18.2 Å². The molecule has 0 aromatic heterocycles. The van der Waals surface area contributed by atoms with E-state index in [1.165, 1.54) is 0 Å². The molecule has 2 N–H and O–H groups in total. The van der Waals surface area contributed by atoms with Gasteiger partial charge in [0.25, 0.3) is 0 Å². The molecule has 0 aliphatic heterocycles. The van der Waals surface area contributed by atoms with Crippen molar-refractivity contribution < 1.29 is 13.6 Å². The highest BCUT2D eigenvalue weighted by Crippen LogP contribution is 2.38. The molecule has 0 spiro atoms. The normalized spacial score (nSPS) is 22.2. The molecule has 1 aromatic rings. The van der Waals surface area contributed by atoms with Gasteiger partial charge in [0.1, 0.15) is 0 Å². The fraction of sp³-hybridized carbons (Fsp3) is 0.533. The molecule has 1 aliphatic rings.